The summed E-state index contributed by atoms with van der Waals surface area (Å²) in [5.74, 6) is 0.451. The number of piperazine rings is 1. The van der Waals surface area contributed by atoms with E-state index in [1.165, 1.54) is 5.56 Å². The molecule has 2 atom stereocenters. The van der Waals surface area contributed by atoms with Crippen LogP contribution in [0.4, 0.5) is 0 Å². The van der Waals surface area contributed by atoms with Gasteiger partial charge in [-0.1, -0.05) is 60.7 Å². The van der Waals surface area contributed by atoms with Gasteiger partial charge < -0.3 is 14.5 Å². The monoisotopic (exact) mass is 509 g/mol. The van der Waals surface area contributed by atoms with E-state index in [9.17, 15) is 9.59 Å². The number of hydrogen-bond acceptors (Lipinski definition) is 4. The third-order valence-electron chi connectivity index (χ3n) is 8.26. The topological polar surface area (TPSA) is 53.1 Å². The van der Waals surface area contributed by atoms with E-state index in [4.69, 9.17) is 4.74 Å². The maximum Gasteiger partial charge on any atom is 0.254 e. The van der Waals surface area contributed by atoms with Crippen molar-refractivity contribution in [1.29, 1.82) is 0 Å². The molecule has 2 heterocycles. The smallest absolute Gasteiger partial charge is 0.254 e. The van der Waals surface area contributed by atoms with Gasteiger partial charge in [-0.3, -0.25) is 14.5 Å². The van der Waals surface area contributed by atoms with E-state index in [2.05, 4.69) is 29.2 Å². The predicted molar refractivity (Wildman–Crippen MR) is 147 cm³/mol. The van der Waals surface area contributed by atoms with Crippen molar-refractivity contribution in [3.8, 4) is 5.75 Å². The van der Waals surface area contributed by atoms with Gasteiger partial charge in [-0.25, -0.2) is 0 Å². The van der Waals surface area contributed by atoms with Gasteiger partial charge in [0.25, 0.3) is 5.91 Å². The minimum Gasteiger partial charge on any atom is -0.497 e. The predicted octanol–water partition coefficient (Wildman–Crippen LogP) is 4.53. The second-order valence-electron chi connectivity index (χ2n) is 10.6. The fourth-order valence-corrected chi connectivity index (χ4v) is 6.07. The SMILES string of the molecule is COc1cccc([C@H]2[C@H](C(=O)N3CCN(CCc4ccccc4)CC3)c3ccccc3C(=O)N2C2CC2)c1. The summed E-state index contributed by atoms with van der Waals surface area (Å²) in [7, 11) is 1.65. The summed E-state index contributed by atoms with van der Waals surface area (Å²) < 4.78 is 5.53. The van der Waals surface area contributed by atoms with Crippen molar-refractivity contribution in [2.75, 3.05) is 39.8 Å². The molecule has 1 saturated carbocycles. The first-order chi connectivity index (χ1) is 18.6. The molecule has 2 fully saturated rings. The molecule has 196 valence electrons. The number of ether oxygens (including phenoxy) is 1. The van der Waals surface area contributed by atoms with Crippen molar-refractivity contribution in [3.63, 3.8) is 0 Å². The number of carbonyl (C=O) groups excluding carboxylic acids is 2. The molecule has 3 aromatic carbocycles. The molecule has 0 aromatic heterocycles. The number of benzene rings is 3. The van der Waals surface area contributed by atoms with Crippen LogP contribution in [0.25, 0.3) is 0 Å². The van der Waals surface area contributed by atoms with Gasteiger partial charge in [0.1, 0.15) is 5.75 Å². The summed E-state index contributed by atoms with van der Waals surface area (Å²) in [6, 6.07) is 26.0. The fourth-order valence-electron chi connectivity index (χ4n) is 6.07. The summed E-state index contributed by atoms with van der Waals surface area (Å²) in [6.07, 6.45) is 2.98. The molecule has 6 nitrogen and oxygen atoms in total. The van der Waals surface area contributed by atoms with Gasteiger partial charge >= 0.3 is 0 Å². The van der Waals surface area contributed by atoms with Gasteiger partial charge in [0.05, 0.1) is 19.1 Å². The van der Waals surface area contributed by atoms with Crippen LogP contribution in [0, 0.1) is 0 Å². The van der Waals surface area contributed by atoms with Crippen LogP contribution in [-0.4, -0.2) is 72.4 Å². The summed E-state index contributed by atoms with van der Waals surface area (Å²) in [4.78, 5) is 34.6. The molecule has 38 heavy (non-hydrogen) atoms. The number of methoxy groups -OCH3 is 1. The first-order valence-electron chi connectivity index (χ1n) is 13.7. The number of hydrogen-bond donors (Lipinski definition) is 0. The Bertz CT molecular complexity index is 1300. The first-order valence-corrected chi connectivity index (χ1v) is 13.7. The van der Waals surface area contributed by atoms with Gasteiger partial charge in [0, 0.05) is 44.3 Å². The highest BCUT2D eigenvalue weighted by Crippen LogP contribution is 2.48. The first kappa shape index (κ1) is 24.7. The lowest BCUT2D eigenvalue weighted by atomic mass is 9.78. The average Bonchev–Trinajstić information content (AvgIpc) is 3.82. The Kier molecular flexibility index (Phi) is 6.90. The van der Waals surface area contributed by atoms with Crippen LogP contribution >= 0.6 is 0 Å². The van der Waals surface area contributed by atoms with Crippen molar-refractivity contribution >= 4 is 11.8 Å². The highest BCUT2D eigenvalue weighted by atomic mass is 16.5. The van der Waals surface area contributed by atoms with Gasteiger partial charge in [0.15, 0.2) is 0 Å². The number of carbonyl (C=O) groups is 2. The molecule has 0 N–H and O–H groups in total. The minimum absolute atomic E-state index is 0.0331. The van der Waals surface area contributed by atoms with Crippen LogP contribution in [0.1, 0.15) is 51.8 Å². The maximum atomic E-state index is 14.4. The Balaban J connectivity index is 1.27. The molecule has 1 saturated heterocycles. The fraction of sp³-hybridized carbons (Fsp3) is 0.375. The second-order valence-corrected chi connectivity index (χ2v) is 10.6. The van der Waals surface area contributed by atoms with Crippen molar-refractivity contribution in [3.05, 3.63) is 101 Å². The molecule has 6 rings (SSSR count). The zero-order valence-corrected chi connectivity index (χ0v) is 22.0. The van der Waals surface area contributed by atoms with Crippen molar-refractivity contribution < 1.29 is 14.3 Å². The van der Waals surface area contributed by atoms with E-state index in [0.717, 1.165) is 55.8 Å². The van der Waals surface area contributed by atoms with E-state index in [-0.39, 0.29) is 23.9 Å². The van der Waals surface area contributed by atoms with E-state index < -0.39 is 5.92 Å². The van der Waals surface area contributed by atoms with Crippen LogP contribution in [0.15, 0.2) is 78.9 Å². The quantitative estimate of drug-likeness (QED) is 0.470. The molecule has 6 heteroatoms. The molecular weight excluding hydrogens is 474 g/mol. The van der Waals surface area contributed by atoms with Crippen LogP contribution < -0.4 is 4.74 Å². The van der Waals surface area contributed by atoms with Gasteiger partial charge in [-0.15, -0.1) is 0 Å². The van der Waals surface area contributed by atoms with Crippen LogP contribution in [0.3, 0.4) is 0 Å². The molecule has 1 aliphatic carbocycles. The molecule has 2 amide bonds. The van der Waals surface area contributed by atoms with Gasteiger partial charge in [-0.2, -0.15) is 0 Å². The molecule has 0 bridgehead atoms. The van der Waals surface area contributed by atoms with Gasteiger partial charge in [0.2, 0.25) is 5.91 Å². The maximum absolute atomic E-state index is 14.4. The summed E-state index contributed by atoms with van der Waals surface area (Å²) >= 11 is 0. The number of fused-ring (bicyclic) bond motifs is 1. The normalized spacial score (nSPS) is 21.8. The number of nitrogens with zero attached hydrogens (tertiary/aromatic N) is 3. The Morgan fingerprint density at radius 3 is 2.37 bits per heavy atom. The van der Waals surface area contributed by atoms with Crippen LogP contribution in [-0.2, 0) is 11.2 Å². The molecule has 0 spiro atoms. The highest BCUT2D eigenvalue weighted by Gasteiger charge is 2.50. The Hall–Kier alpha value is -3.64. The minimum atomic E-state index is -0.438. The average molecular weight is 510 g/mol. The second kappa shape index (κ2) is 10.6. The zero-order valence-electron chi connectivity index (χ0n) is 22.0. The molecule has 2 aliphatic heterocycles. The van der Waals surface area contributed by atoms with Crippen LogP contribution in [0.2, 0.25) is 0 Å². The lowest BCUT2D eigenvalue weighted by molar-refractivity contribution is -0.136. The largest absolute Gasteiger partial charge is 0.497 e. The van der Waals surface area contributed by atoms with Crippen molar-refractivity contribution in [2.24, 2.45) is 0 Å². The Morgan fingerprint density at radius 1 is 0.895 bits per heavy atom. The van der Waals surface area contributed by atoms with Crippen molar-refractivity contribution in [1.82, 2.24) is 14.7 Å². The highest BCUT2D eigenvalue weighted by molar-refractivity contribution is 6.01. The Morgan fingerprint density at radius 2 is 1.63 bits per heavy atom. The van der Waals surface area contributed by atoms with Gasteiger partial charge in [-0.05, 0) is 54.2 Å². The third-order valence-corrected chi connectivity index (χ3v) is 8.26. The summed E-state index contributed by atoms with van der Waals surface area (Å²) in [5.41, 5.74) is 3.81. The Labute approximate surface area is 224 Å². The van der Waals surface area contributed by atoms with Crippen LogP contribution in [0.5, 0.6) is 5.75 Å². The lowest BCUT2D eigenvalue weighted by Gasteiger charge is -2.45. The zero-order chi connectivity index (χ0) is 26.1. The third kappa shape index (κ3) is 4.81. The van der Waals surface area contributed by atoms with Crippen molar-refractivity contribution in [2.45, 2.75) is 37.3 Å². The van der Waals surface area contributed by atoms with E-state index >= 15 is 0 Å². The van der Waals surface area contributed by atoms with E-state index in [1.54, 1.807) is 7.11 Å². The number of amides is 2. The summed E-state index contributed by atoms with van der Waals surface area (Å²) in [5, 5.41) is 0. The molecule has 3 aromatic rings. The number of rotatable bonds is 7. The standard InChI is InChI=1S/C32H35N3O3/c1-38-26-11-7-10-24(22-26)30-29(27-12-5-6-13-28(27)31(36)35(30)25-14-15-25)32(37)34-20-18-33(19-21-34)17-16-23-8-3-2-4-9-23/h2-13,22,25,29-30H,14-21H2,1H3/t29-,30+/m1/s1. The molecule has 3 aliphatic rings. The van der Waals surface area contributed by atoms with E-state index in [1.807, 2.05) is 64.4 Å². The molecule has 0 radical (unpaired) electrons. The molecular formula is C32H35N3O3. The van der Waals surface area contributed by atoms with E-state index in [0.29, 0.717) is 18.7 Å². The lowest BCUT2D eigenvalue weighted by Crippen LogP contribution is -2.54. The summed E-state index contributed by atoms with van der Waals surface area (Å²) in [6.45, 7) is 4.13. The molecule has 0 unspecified atom stereocenters.